The van der Waals surface area contributed by atoms with Gasteiger partial charge >= 0.3 is 0 Å². The predicted molar refractivity (Wildman–Crippen MR) is 78.3 cm³/mol. The first-order chi connectivity index (χ1) is 8.55. The molecule has 1 fully saturated rings. The van der Waals surface area contributed by atoms with Gasteiger partial charge in [-0.3, -0.25) is 4.90 Å². The lowest BCUT2D eigenvalue weighted by Gasteiger charge is -2.39. The van der Waals surface area contributed by atoms with Crippen LogP contribution in [0.2, 0.25) is 0 Å². The minimum atomic E-state index is 0.0679. The zero-order valence-electron chi connectivity index (χ0n) is 12.0. The number of rotatable bonds is 4. The first-order valence-electron chi connectivity index (χ1n) is 6.97. The zero-order chi connectivity index (χ0) is 13.2. The molecule has 0 bridgehead atoms. The molecule has 0 saturated carbocycles. The summed E-state index contributed by atoms with van der Waals surface area (Å²) >= 11 is 1.82. The van der Waals surface area contributed by atoms with E-state index in [0.717, 1.165) is 32.6 Å². The SMILES string of the molecule is CCC(C)c1csc(C(C)(C)N2CCNCC2)n1. The first-order valence-corrected chi connectivity index (χ1v) is 7.85. The molecule has 1 N–H and O–H groups in total. The Labute approximate surface area is 115 Å². The van der Waals surface area contributed by atoms with Crippen LogP contribution < -0.4 is 5.32 Å². The Morgan fingerprint density at radius 3 is 2.72 bits per heavy atom. The van der Waals surface area contributed by atoms with Crippen molar-refractivity contribution in [3.05, 3.63) is 16.1 Å². The van der Waals surface area contributed by atoms with Crippen molar-refractivity contribution in [2.45, 2.75) is 45.6 Å². The molecule has 1 aromatic heterocycles. The van der Waals surface area contributed by atoms with Crippen LogP contribution in [0.1, 0.15) is 50.7 Å². The highest BCUT2D eigenvalue weighted by molar-refractivity contribution is 7.09. The van der Waals surface area contributed by atoms with Crippen molar-refractivity contribution in [1.29, 1.82) is 0 Å². The van der Waals surface area contributed by atoms with E-state index in [-0.39, 0.29) is 5.54 Å². The van der Waals surface area contributed by atoms with Crippen molar-refractivity contribution < 1.29 is 0 Å². The molecule has 1 atom stereocenters. The third kappa shape index (κ3) is 2.76. The first kappa shape index (κ1) is 14.0. The number of nitrogens with one attached hydrogen (secondary N) is 1. The number of hydrogen-bond acceptors (Lipinski definition) is 4. The van der Waals surface area contributed by atoms with E-state index in [1.165, 1.54) is 10.7 Å². The summed E-state index contributed by atoms with van der Waals surface area (Å²) in [5.74, 6) is 0.578. The molecule has 0 amide bonds. The maximum atomic E-state index is 4.88. The Kier molecular flexibility index (Phi) is 4.41. The lowest BCUT2D eigenvalue weighted by molar-refractivity contribution is 0.102. The minimum absolute atomic E-state index is 0.0679. The third-order valence-electron chi connectivity index (χ3n) is 4.07. The van der Waals surface area contributed by atoms with E-state index >= 15 is 0 Å². The van der Waals surface area contributed by atoms with Crippen LogP contribution in [0.25, 0.3) is 0 Å². The van der Waals surface area contributed by atoms with Crippen LogP contribution in [0.4, 0.5) is 0 Å². The summed E-state index contributed by atoms with van der Waals surface area (Å²) < 4.78 is 0. The van der Waals surface area contributed by atoms with Gasteiger partial charge in [-0.2, -0.15) is 0 Å². The van der Waals surface area contributed by atoms with Crippen molar-refractivity contribution in [2.75, 3.05) is 26.2 Å². The Morgan fingerprint density at radius 1 is 1.44 bits per heavy atom. The summed E-state index contributed by atoms with van der Waals surface area (Å²) in [5.41, 5.74) is 1.33. The largest absolute Gasteiger partial charge is 0.314 e. The van der Waals surface area contributed by atoms with Gasteiger partial charge < -0.3 is 5.32 Å². The molecule has 18 heavy (non-hydrogen) atoms. The highest BCUT2D eigenvalue weighted by Gasteiger charge is 2.32. The molecule has 2 heterocycles. The Balaban J connectivity index is 2.15. The molecule has 4 heteroatoms. The van der Waals surface area contributed by atoms with Crippen molar-refractivity contribution in [2.24, 2.45) is 0 Å². The van der Waals surface area contributed by atoms with Crippen LogP contribution >= 0.6 is 11.3 Å². The standard InChI is InChI=1S/C14H25N3S/c1-5-11(2)12-10-18-13(16-12)14(3,4)17-8-6-15-7-9-17/h10-11,15H,5-9H2,1-4H3. The highest BCUT2D eigenvalue weighted by atomic mass is 32.1. The third-order valence-corrected chi connectivity index (χ3v) is 5.24. The van der Waals surface area contributed by atoms with Crippen molar-refractivity contribution in [3.63, 3.8) is 0 Å². The number of aromatic nitrogens is 1. The maximum Gasteiger partial charge on any atom is 0.113 e. The van der Waals surface area contributed by atoms with Crippen LogP contribution in [0.15, 0.2) is 5.38 Å². The highest BCUT2D eigenvalue weighted by Crippen LogP contribution is 2.32. The molecule has 0 aromatic carbocycles. The molecule has 3 nitrogen and oxygen atoms in total. The fourth-order valence-electron chi connectivity index (χ4n) is 2.36. The van der Waals surface area contributed by atoms with E-state index < -0.39 is 0 Å². The maximum absolute atomic E-state index is 4.88. The van der Waals surface area contributed by atoms with Gasteiger partial charge in [0, 0.05) is 31.6 Å². The van der Waals surface area contributed by atoms with Gasteiger partial charge in [-0.05, 0) is 26.2 Å². The van der Waals surface area contributed by atoms with Crippen molar-refractivity contribution >= 4 is 11.3 Å². The fourth-order valence-corrected chi connectivity index (χ4v) is 3.45. The molecule has 1 aromatic rings. The summed E-state index contributed by atoms with van der Waals surface area (Å²) in [5, 5.41) is 6.92. The second-order valence-corrected chi connectivity index (χ2v) is 6.54. The molecule has 1 saturated heterocycles. The monoisotopic (exact) mass is 267 g/mol. The summed E-state index contributed by atoms with van der Waals surface area (Å²) in [6.07, 6.45) is 1.16. The summed E-state index contributed by atoms with van der Waals surface area (Å²) in [6, 6.07) is 0. The number of thiazole rings is 1. The topological polar surface area (TPSA) is 28.2 Å². The minimum Gasteiger partial charge on any atom is -0.314 e. The van der Waals surface area contributed by atoms with E-state index in [1.807, 2.05) is 11.3 Å². The van der Waals surface area contributed by atoms with E-state index in [0.29, 0.717) is 5.92 Å². The Hall–Kier alpha value is -0.450. The predicted octanol–water partition coefficient (Wildman–Crippen LogP) is 2.80. The zero-order valence-corrected chi connectivity index (χ0v) is 12.8. The Bertz CT molecular complexity index is 380. The molecular weight excluding hydrogens is 242 g/mol. The van der Waals surface area contributed by atoms with Crippen molar-refractivity contribution in [1.82, 2.24) is 15.2 Å². The molecule has 102 valence electrons. The summed E-state index contributed by atoms with van der Waals surface area (Å²) in [7, 11) is 0. The van der Waals surface area contributed by atoms with Crippen LogP contribution in [0, 0.1) is 0 Å². The van der Waals surface area contributed by atoms with E-state index in [2.05, 4.69) is 43.3 Å². The number of nitrogens with zero attached hydrogens (tertiary/aromatic N) is 2. The second-order valence-electron chi connectivity index (χ2n) is 5.68. The molecule has 2 rings (SSSR count). The van der Waals surface area contributed by atoms with Gasteiger partial charge in [-0.15, -0.1) is 11.3 Å². The molecule has 1 unspecified atom stereocenters. The van der Waals surface area contributed by atoms with E-state index in [4.69, 9.17) is 4.98 Å². The normalized spacial score (nSPS) is 20.0. The second kappa shape index (κ2) is 5.68. The molecule has 0 spiro atoms. The van der Waals surface area contributed by atoms with Gasteiger partial charge in [0.1, 0.15) is 5.01 Å². The number of hydrogen-bond donors (Lipinski definition) is 1. The molecule has 1 aliphatic rings. The van der Waals surface area contributed by atoms with Gasteiger partial charge in [0.25, 0.3) is 0 Å². The van der Waals surface area contributed by atoms with Crippen molar-refractivity contribution in [3.8, 4) is 0 Å². The Morgan fingerprint density at radius 2 is 2.11 bits per heavy atom. The fraction of sp³-hybridized carbons (Fsp3) is 0.786. The summed E-state index contributed by atoms with van der Waals surface area (Å²) in [4.78, 5) is 7.43. The van der Waals surface area contributed by atoms with Crippen LogP contribution in [-0.4, -0.2) is 36.1 Å². The van der Waals surface area contributed by atoms with Crippen LogP contribution in [0.5, 0.6) is 0 Å². The van der Waals surface area contributed by atoms with Crippen LogP contribution in [0.3, 0.4) is 0 Å². The van der Waals surface area contributed by atoms with Gasteiger partial charge in [0.05, 0.1) is 11.2 Å². The summed E-state index contributed by atoms with van der Waals surface area (Å²) in [6.45, 7) is 13.5. The molecular formula is C14H25N3S. The molecule has 0 radical (unpaired) electrons. The van der Waals surface area contributed by atoms with Crippen LogP contribution in [-0.2, 0) is 5.54 Å². The lowest BCUT2D eigenvalue weighted by atomic mass is 10.0. The molecule has 1 aliphatic heterocycles. The van der Waals surface area contributed by atoms with E-state index in [1.54, 1.807) is 0 Å². The van der Waals surface area contributed by atoms with Gasteiger partial charge in [-0.25, -0.2) is 4.98 Å². The average molecular weight is 267 g/mol. The van der Waals surface area contributed by atoms with Gasteiger partial charge in [0.2, 0.25) is 0 Å². The smallest absolute Gasteiger partial charge is 0.113 e. The van der Waals surface area contributed by atoms with E-state index in [9.17, 15) is 0 Å². The average Bonchev–Trinajstić information content (AvgIpc) is 2.89. The lowest BCUT2D eigenvalue weighted by Crippen LogP contribution is -2.51. The number of piperazine rings is 1. The van der Waals surface area contributed by atoms with Gasteiger partial charge in [-0.1, -0.05) is 13.8 Å². The van der Waals surface area contributed by atoms with Gasteiger partial charge in [0.15, 0.2) is 0 Å². The molecule has 0 aliphatic carbocycles. The quantitative estimate of drug-likeness (QED) is 0.909.